The van der Waals surface area contributed by atoms with Gasteiger partial charge in [0.15, 0.2) is 11.6 Å². The van der Waals surface area contributed by atoms with E-state index in [4.69, 9.17) is 4.74 Å². The number of carbonyl (C=O) groups excluding carboxylic acids is 1. The molecule has 2 aromatic carbocycles. The molecular formula is C18H20ClFN2O2. The van der Waals surface area contributed by atoms with Crippen LogP contribution < -0.4 is 10.1 Å². The van der Waals surface area contributed by atoms with Gasteiger partial charge in [-0.15, -0.1) is 12.4 Å². The van der Waals surface area contributed by atoms with Gasteiger partial charge in [0.25, 0.3) is 5.91 Å². The quantitative estimate of drug-likeness (QED) is 0.921. The fraction of sp³-hybridized carbons (Fsp3) is 0.278. The summed E-state index contributed by atoms with van der Waals surface area (Å²) in [6.45, 7) is 1.92. The van der Waals surface area contributed by atoms with Crippen LogP contribution in [-0.4, -0.2) is 31.5 Å². The molecular weight excluding hydrogens is 331 g/mol. The average molecular weight is 351 g/mol. The van der Waals surface area contributed by atoms with Gasteiger partial charge in [0, 0.05) is 24.3 Å². The smallest absolute Gasteiger partial charge is 0.255 e. The van der Waals surface area contributed by atoms with Gasteiger partial charge in [-0.05, 0) is 54.9 Å². The van der Waals surface area contributed by atoms with Gasteiger partial charge in [0.1, 0.15) is 0 Å². The zero-order valence-electron chi connectivity index (χ0n) is 13.6. The third-order valence-corrected chi connectivity index (χ3v) is 4.08. The third kappa shape index (κ3) is 3.86. The van der Waals surface area contributed by atoms with Gasteiger partial charge >= 0.3 is 0 Å². The molecule has 0 bridgehead atoms. The normalized spacial score (nSPS) is 13.6. The van der Waals surface area contributed by atoms with Crippen molar-refractivity contribution in [1.82, 2.24) is 4.90 Å². The fourth-order valence-electron chi connectivity index (χ4n) is 2.79. The lowest BCUT2D eigenvalue weighted by molar-refractivity contribution is 0.102. The second-order valence-electron chi connectivity index (χ2n) is 5.77. The Balaban J connectivity index is 0.00000208. The predicted molar refractivity (Wildman–Crippen MR) is 94.6 cm³/mol. The molecule has 1 heterocycles. The van der Waals surface area contributed by atoms with E-state index in [0.717, 1.165) is 25.2 Å². The number of nitrogens with one attached hydrogen (secondary N) is 1. The minimum absolute atomic E-state index is 0. The van der Waals surface area contributed by atoms with E-state index in [1.807, 2.05) is 18.2 Å². The zero-order chi connectivity index (χ0) is 16.4. The summed E-state index contributed by atoms with van der Waals surface area (Å²) in [5.41, 5.74) is 3.52. The zero-order valence-corrected chi connectivity index (χ0v) is 14.5. The van der Waals surface area contributed by atoms with Crippen molar-refractivity contribution in [2.24, 2.45) is 0 Å². The van der Waals surface area contributed by atoms with Crippen LogP contribution in [0.3, 0.4) is 0 Å². The largest absolute Gasteiger partial charge is 0.494 e. The number of methoxy groups -OCH3 is 1. The second-order valence-corrected chi connectivity index (χ2v) is 5.77. The number of benzene rings is 2. The van der Waals surface area contributed by atoms with Crippen molar-refractivity contribution < 1.29 is 13.9 Å². The third-order valence-electron chi connectivity index (χ3n) is 4.08. The summed E-state index contributed by atoms with van der Waals surface area (Å²) < 4.78 is 18.6. The minimum atomic E-state index is -0.549. The first-order valence-corrected chi connectivity index (χ1v) is 7.52. The lowest BCUT2D eigenvalue weighted by atomic mass is 9.99. The summed E-state index contributed by atoms with van der Waals surface area (Å²) in [6.07, 6.45) is 1.02. The molecule has 0 spiro atoms. The molecule has 0 aromatic heterocycles. The molecule has 0 unspecified atom stereocenters. The Hall–Kier alpha value is -2.11. The number of likely N-dealkylation sites (N-methyl/N-ethyl adjacent to an activating group) is 1. The Labute approximate surface area is 147 Å². The van der Waals surface area contributed by atoms with Crippen molar-refractivity contribution in [3.05, 3.63) is 58.9 Å². The molecule has 2 aromatic rings. The number of halogens is 2. The molecule has 1 amide bonds. The number of carbonyl (C=O) groups is 1. The van der Waals surface area contributed by atoms with Crippen molar-refractivity contribution in [3.8, 4) is 5.75 Å². The molecule has 6 heteroatoms. The minimum Gasteiger partial charge on any atom is -0.494 e. The average Bonchev–Trinajstić information content (AvgIpc) is 2.54. The van der Waals surface area contributed by atoms with E-state index in [1.54, 1.807) is 6.07 Å². The predicted octanol–water partition coefficient (Wildman–Crippen LogP) is 3.50. The number of ether oxygens (including phenoxy) is 1. The Morgan fingerprint density at radius 2 is 2.00 bits per heavy atom. The number of amides is 1. The van der Waals surface area contributed by atoms with Crippen molar-refractivity contribution in [2.75, 3.05) is 26.0 Å². The monoisotopic (exact) mass is 350 g/mol. The standard InChI is InChI=1S/C18H19FN2O2.ClH/c1-21-8-7-12-3-5-15(9-14(12)11-21)20-18(22)13-4-6-17(23-2)16(19)10-13;/h3-6,9-10H,7-8,11H2,1-2H3,(H,20,22);1H. The Morgan fingerprint density at radius 1 is 1.21 bits per heavy atom. The molecule has 0 saturated heterocycles. The van der Waals surface area contributed by atoms with E-state index in [-0.39, 0.29) is 29.6 Å². The van der Waals surface area contributed by atoms with E-state index >= 15 is 0 Å². The summed E-state index contributed by atoms with van der Waals surface area (Å²) in [5.74, 6) is -0.763. The maximum atomic E-state index is 13.7. The molecule has 24 heavy (non-hydrogen) atoms. The molecule has 0 atom stereocenters. The highest BCUT2D eigenvalue weighted by Crippen LogP contribution is 2.23. The first-order valence-electron chi connectivity index (χ1n) is 7.52. The van der Waals surface area contributed by atoms with E-state index < -0.39 is 5.82 Å². The van der Waals surface area contributed by atoms with Crippen LogP contribution in [0.2, 0.25) is 0 Å². The molecule has 0 fully saturated rings. The number of fused-ring (bicyclic) bond motifs is 1. The van der Waals surface area contributed by atoms with Gasteiger partial charge in [0.05, 0.1) is 7.11 Å². The van der Waals surface area contributed by atoms with E-state index in [9.17, 15) is 9.18 Å². The fourth-order valence-corrected chi connectivity index (χ4v) is 2.79. The summed E-state index contributed by atoms with van der Waals surface area (Å²) in [5, 5.41) is 2.82. The van der Waals surface area contributed by atoms with Crippen LogP contribution in [0.4, 0.5) is 10.1 Å². The lowest BCUT2D eigenvalue weighted by Crippen LogP contribution is -2.26. The molecule has 3 rings (SSSR count). The molecule has 4 nitrogen and oxygen atoms in total. The first-order chi connectivity index (χ1) is 11.1. The highest BCUT2D eigenvalue weighted by Gasteiger charge is 2.15. The summed E-state index contributed by atoms with van der Waals surface area (Å²) >= 11 is 0. The molecule has 1 N–H and O–H groups in total. The maximum absolute atomic E-state index is 13.7. The van der Waals surface area contributed by atoms with Gasteiger partial charge in [-0.2, -0.15) is 0 Å². The van der Waals surface area contributed by atoms with Crippen molar-refractivity contribution in [1.29, 1.82) is 0 Å². The van der Waals surface area contributed by atoms with Crippen LogP contribution in [0.15, 0.2) is 36.4 Å². The number of nitrogens with zero attached hydrogens (tertiary/aromatic N) is 1. The Bertz CT molecular complexity index is 752. The second kappa shape index (κ2) is 7.64. The highest BCUT2D eigenvalue weighted by molar-refractivity contribution is 6.04. The summed E-state index contributed by atoms with van der Waals surface area (Å²) in [7, 11) is 3.47. The van der Waals surface area contributed by atoms with Crippen LogP contribution in [0.5, 0.6) is 5.75 Å². The van der Waals surface area contributed by atoms with Gasteiger partial charge in [-0.3, -0.25) is 4.79 Å². The SMILES string of the molecule is COc1ccc(C(=O)Nc2ccc3c(c2)CN(C)CC3)cc1F.Cl. The molecule has 0 aliphatic carbocycles. The van der Waals surface area contributed by atoms with Crippen LogP contribution in [0.25, 0.3) is 0 Å². The first kappa shape index (κ1) is 18.2. The molecule has 128 valence electrons. The van der Waals surface area contributed by atoms with Gasteiger partial charge in [-0.25, -0.2) is 4.39 Å². The van der Waals surface area contributed by atoms with Crippen LogP contribution >= 0.6 is 12.4 Å². The molecule has 0 saturated carbocycles. The van der Waals surface area contributed by atoms with Gasteiger partial charge in [0.2, 0.25) is 0 Å². The molecule has 1 aliphatic rings. The van der Waals surface area contributed by atoms with Crippen molar-refractivity contribution in [3.63, 3.8) is 0 Å². The molecule has 0 radical (unpaired) electrons. The van der Waals surface area contributed by atoms with E-state index in [0.29, 0.717) is 0 Å². The number of hydrogen-bond donors (Lipinski definition) is 1. The van der Waals surface area contributed by atoms with Crippen molar-refractivity contribution in [2.45, 2.75) is 13.0 Å². The topological polar surface area (TPSA) is 41.6 Å². The summed E-state index contributed by atoms with van der Waals surface area (Å²) in [6, 6.07) is 10.1. The van der Waals surface area contributed by atoms with E-state index in [1.165, 1.54) is 30.4 Å². The number of hydrogen-bond acceptors (Lipinski definition) is 3. The maximum Gasteiger partial charge on any atom is 0.255 e. The van der Waals surface area contributed by atoms with Gasteiger partial charge < -0.3 is 15.0 Å². The highest BCUT2D eigenvalue weighted by atomic mass is 35.5. The lowest BCUT2D eigenvalue weighted by Gasteiger charge is -2.25. The van der Waals surface area contributed by atoms with Crippen LogP contribution in [-0.2, 0) is 13.0 Å². The Kier molecular flexibility index (Phi) is 5.80. The van der Waals surface area contributed by atoms with Crippen molar-refractivity contribution >= 4 is 24.0 Å². The molecule has 1 aliphatic heterocycles. The van der Waals surface area contributed by atoms with Crippen LogP contribution in [0, 0.1) is 5.82 Å². The number of rotatable bonds is 3. The van der Waals surface area contributed by atoms with Crippen LogP contribution in [0.1, 0.15) is 21.5 Å². The van der Waals surface area contributed by atoms with E-state index in [2.05, 4.69) is 17.3 Å². The summed E-state index contributed by atoms with van der Waals surface area (Å²) in [4.78, 5) is 14.5. The van der Waals surface area contributed by atoms with Gasteiger partial charge in [-0.1, -0.05) is 6.07 Å². The number of anilines is 1. The Morgan fingerprint density at radius 3 is 2.71 bits per heavy atom.